The average molecular weight is 366 g/mol. The molecular formula is C19H22N6O2. The zero-order chi connectivity index (χ0) is 18.3. The zero-order valence-electron chi connectivity index (χ0n) is 15.0. The molecule has 1 amide bonds. The van der Waals surface area contributed by atoms with Gasteiger partial charge in [-0.1, -0.05) is 17.3 Å². The number of aromatic nitrogens is 4. The van der Waals surface area contributed by atoms with Crippen molar-refractivity contribution >= 4 is 16.9 Å². The number of rotatable bonds is 3. The number of benzene rings is 1. The standard InChI is InChI=1S/C19H22N6O2/c26-17-9-19(5-7-20-8-6-19)13(10-21-17)18-23-16(24-27-18)11-25-12-22-14-3-1-2-4-15(14)25/h1-4,12-13,20H,5-11H2,(H,21,26). The minimum atomic E-state index is -0.0842. The Morgan fingerprint density at radius 3 is 3.00 bits per heavy atom. The predicted octanol–water partition coefficient (Wildman–Crippen LogP) is 1.44. The Bertz CT molecular complexity index is 971. The molecule has 27 heavy (non-hydrogen) atoms. The van der Waals surface area contributed by atoms with Crippen LogP contribution < -0.4 is 10.6 Å². The molecule has 3 aromatic rings. The quantitative estimate of drug-likeness (QED) is 0.728. The molecule has 0 bridgehead atoms. The van der Waals surface area contributed by atoms with Crippen molar-refractivity contribution in [2.45, 2.75) is 31.7 Å². The molecule has 1 spiro atoms. The van der Waals surface area contributed by atoms with E-state index >= 15 is 0 Å². The van der Waals surface area contributed by atoms with Crippen LogP contribution in [0.2, 0.25) is 0 Å². The number of imidazole rings is 1. The lowest BCUT2D eigenvalue weighted by Gasteiger charge is -2.44. The summed E-state index contributed by atoms with van der Waals surface area (Å²) in [5.41, 5.74) is 1.91. The minimum absolute atomic E-state index is 0.0677. The van der Waals surface area contributed by atoms with Crippen LogP contribution in [0.3, 0.4) is 0 Å². The van der Waals surface area contributed by atoms with Crippen LogP contribution in [0.1, 0.15) is 36.9 Å². The molecule has 140 valence electrons. The van der Waals surface area contributed by atoms with Gasteiger partial charge < -0.3 is 19.7 Å². The van der Waals surface area contributed by atoms with E-state index in [1.54, 1.807) is 6.33 Å². The van der Waals surface area contributed by atoms with Crippen molar-refractivity contribution in [3.05, 3.63) is 42.3 Å². The van der Waals surface area contributed by atoms with Crippen LogP contribution in [0.5, 0.6) is 0 Å². The first-order chi connectivity index (χ1) is 13.2. The number of nitrogens with zero attached hydrogens (tertiary/aromatic N) is 4. The van der Waals surface area contributed by atoms with Gasteiger partial charge in [-0.2, -0.15) is 4.98 Å². The fraction of sp³-hybridized carbons (Fsp3) is 0.474. The maximum absolute atomic E-state index is 12.0. The monoisotopic (exact) mass is 366 g/mol. The fourth-order valence-electron chi connectivity index (χ4n) is 4.50. The molecule has 0 radical (unpaired) electrons. The summed E-state index contributed by atoms with van der Waals surface area (Å²) in [6.45, 7) is 2.92. The molecule has 1 atom stereocenters. The highest BCUT2D eigenvalue weighted by Gasteiger charge is 2.47. The Kier molecular flexibility index (Phi) is 3.93. The van der Waals surface area contributed by atoms with E-state index in [1.807, 2.05) is 28.8 Å². The number of carbonyl (C=O) groups is 1. The lowest BCUT2D eigenvalue weighted by atomic mass is 9.65. The topological polar surface area (TPSA) is 97.9 Å². The summed E-state index contributed by atoms with van der Waals surface area (Å²) in [6, 6.07) is 7.98. The van der Waals surface area contributed by atoms with Gasteiger partial charge in [0.15, 0.2) is 5.82 Å². The summed E-state index contributed by atoms with van der Waals surface area (Å²) in [5, 5.41) is 10.6. The van der Waals surface area contributed by atoms with Crippen LogP contribution in [-0.2, 0) is 11.3 Å². The Hall–Kier alpha value is -2.74. The first-order valence-electron chi connectivity index (χ1n) is 9.43. The molecule has 1 aromatic carbocycles. The maximum Gasteiger partial charge on any atom is 0.232 e. The average Bonchev–Trinajstić information content (AvgIpc) is 3.30. The number of hydrogen-bond acceptors (Lipinski definition) is 6. The summed E-state index contributed by atoms with van der Waals surface area (Å²) in [5.74, 6) is 1.46. The van der Waals surface area contributed by atoms with Gasteiger partial charge in [-0.15, -0.1) is 0 Å². The number of amides is 1. The zero-order valence-corrected chi connectivity index (χ0v) is 15.0. The molecule has 8 nitrogen and oxygen atoms in total. The van der Waals surface area contributed by atoms with Gasteiger partial charge in [-0.05, 0) is 43.5 Å². The van der Waals surface area contributed by atoms with Crippen molar-refractivity contribution in [2.24, 2.45) is 5.41 Å². The molecule has 2 aromatic heterocycles. The SMILES string of the molecule is O=C1CC2(CCNCC2)C(c2nc(Cn3cnc4ccccc43)no2)CN1. The highest BCUT2D eigenvalue weighted by atomic mass is 16.5. The molecule has 2 saturated heterocycles. The molecule has 2 aliphatic heterocycles. The molecule has 0 saturated carbocycles. The van der Waals surface area contributed by atoms with Gasteiger partial charge in [0, 0.05) is 13.0 Å². The van der Waals surface area contributed by atoms with Crippen LogP contribution in [0.4, 0.5) is 0 Å². The van der Waals surface area contributed by atoms with E-state index in [0.29, 0.717) is 31.2 Å². The smallest absolute Gasteiger partial charge is 0.232 e. The van der Waals surface area contributed by atoms with E-state index in [-0.39, 0.29) is 17.2 Å². The van der Waals surface area contributed by atoms with Gasteiger partial charge in [-0.3, -0.25) is 4.79 Å². The highest BCUT2D eigenvalue weighted by Crippen LogP contribution is 2.47. The molecule has 2 N–H and O–H groups in total. The first kappa shape index (κ1) is 16.4. The van der Waals surface area contributed by atoms with E-state index in [2.05, 4.69) is 20.8 Å². The Labute approximate surface area is 156 Å². The highest BCUT2D eigenvalue weighted by molar-refractivity contribution is 5.78. The number of hydrogen-bond donors (Lipinski definition) is 2. The maximum atomic E-state index is 12.0. The van der Waals surface area contributed by atoms with Gasteiger partial charge in [0.2, 0.25) is 11.8 Å². The predicted molar refractivity (Wildman–Crippen MR) is 98.0 cm³/mol. The summed E-state index contributed by atoms with van der Waals surface area (Å²) < 4.78 is 7.68. The molecule has 2 aliphatic rings. The third-order valence-corrected chi connectivity index (χ3v) is 5.98. The van der Waals surface area contributed by atoms with Crippen LogP contribution in [-0.4, -0.2) is 45.2 Å². The number of para-hydroxylation sites is 2. The third-order valence-electron chi connectivity index (χ3n) is 5.98. The number of fused-ring (bicyclic) bond motifs is 1. The number of piperidine rings is 2. The largest absolute Gasteiger partial charge is 0.355 e. The van der Waals surface area contributed by atoms with Crippen molar-refractivity contribution in [1.82, 2.24) is 30.3 Å². The second-order valence-electron chi connectivity index (χ2n) is 7.56. The van der Waals surface area contributed by atoms with E-state index in [4.69, 9.17) is 9.51 Å². The van der Waals surface area contributed by atoms with E-state index in [9.17, 15) is 4.79 Å². The molecule has 2 fully saturated rings. The van der Waals surface area contributed by atoms with Crippen LogP contribution in [0.25, 0.3) is 11.0 Å². The van der Waals surface area contributed by atoms with Gasteiger partial charge >= 0.3 is 0 Å². The van der Waals surface area contributed by atoms with Gasteiger partial charge in [0.05, 0.1) is 29.8 Å². The van der Waals surface area contributed by atoms with Gasteiger partial charge in [-0.25, -0.2) is 4.98 Å². The third kappa shape index (κ3) is 2.90. The van der Waals surface area contributed by atoms with Crippen molar-refractivity contribution in [2.75, 3.05) is 19.6 Å². The first-order valence-corrected chi connectivity index (χ1v) is 9.43. The summed E-state index contributed by atoms with van der Waals surface area (Å²) in [4.78, 5) is 21.1. The number of nitrogens with one attached hydrogen (secondary N) is 2. The molecule has 0 aliphatic carbocycles. The Balaban J connectivity index is 1.41. The van der Waals surface area contributed by atoms with Gasteiger partial charge in [0.1, 0.15) is 0 Å². The van der Waals surface area contributed by atoms with E-state index < -0.39 is 0 Å². The van der Waals surface area contributed by atoms with Crippen molar-refractivity contribution in [3.63, 3.8) is 0 Å². The van der Waals surface area contributed by atoms with E-state index in [1.165, 1.54) is 0 Å². The second-order valence-corrected chi connectivity index (χ2v) is 7.56. The summed E-state index contributed by atoms with van der Waals surface area (Å²) in [6.07, 6.45) is 4.24. The lowest BCUT2D eigenvalue weighted by molar-refractivity contribution is -0.127. The van der Waals surface area contributed by atoms with Crippen LogP contribution in [0, 0.1) is 5.41 Å². The summed E-state index contributed by atoms with van der Waals surface area (Å²) >= 11 is 0. The Morgan fingerprint density at radius 1 is 1.26 bits per heavy atom. The van der Waals surface area contributed by atoms with Crippen molar-refractivity contribution in [3.8, 4) is 0 Å². The molecule has 8 heteroatoms. The van der Waals surface area contributed by atoms with Crippen molar-refractivity contribution in [1.29, 1.82) is 0 Å². The second kappa shape index (κ2) is 6.45. The molecule has 1 unspecified atom stereocenters. The lowest BCUT2D eigenvalue weighted by Crippen LogP contribution is -2.51. The van der Waals surface area contributed by atoms with Crippen LogP contribution in [0.15, 0.2) is 35.1 Å². The molecular weight excluding hydrogens is 344 g/mol. The fourth-order valence-corrected chi connectivity index (χ4v) is 4.50. The molecule has 5 rings (SSSR count). The van der Waals surface area contributed by atoms with E-state index in [0.717, 1.165) is 37.0 Å². The normalized spacial score (nSPS) is 22.2. The minimum Gasteiger partial charge on any atom is -0.355 e. The molecule has 4 heterocycles. The van der Waals surface area contributed by atoms with Crippen LogP contribution >= 0.6 is 0 Å². The van der Waals surface area contributed by atoms with Crippen molar-refractivity contribution < 1.29 is 9.32 Å². The summed E-state index contributed by atoms with van der Waals surface area (Å²) in [7, 11) is 0. The Morgan fingerprint density at radius 2 is 2.11 bits per heavy atom. The van der Waals surface area contributed by atoms with Gasteiger partial charge in [0.25, 0.3) is 0 Å². The number of carbonyl (C=O) groups excluding carboxylic acids is 1.